The lowest BCUT2D eigenvalue weighted by Crippen LogP contribution is -2.41. The molecule has 0 radical (unpaired) electrons. The molecular formula is C24H26N4O. The molecule has 29 heavy (non-hydrogen) atoms. The number of hydrogen-bond donors (Lipinski definition) is 0. The summed E-state index contributed by atoms with van der Waals surface area (Å²) in [6, 6.07) is 16.7. The first-order valence-corrected chi connectivity index (χ1v) is 10.5. The van der Waals surface area contributed by atoms with Crippen molar-refractivity contribution in [1.82, 2.24) is 19.7 Å². The van der Waals surface area contributed by atoms with Crippen LogP contribution in [-0.2, 0) is 13.0 Å². The smallest absolute Gasteiger partial charge is 0.254 e. The fourth-order valence-electron chi connectivity index (χ4n) is 4.32. The van der Waals surface area contributed by atoms with Crippen molar-refractivity contribution in [3.63, 3.8) is 0 Å². The zero-order chi connectivity index (χ0) is 20.0. The molecule has 2 aromatic carbocycles. The first-order valence-electron chi connectivity index (χ1n) is 10.5. The van der Waals surface area contributed by atoms with Gasteiger partial charge in [0.15, 0.2) is 5.82 Å². The van der Waals surface area contributed by atoms with Crippen LogP contribution < -0.4 is 0 Å². The lowest BCUT2D eigenvalue weighted by molar-refractivity contribution is 0.0678. The number of carbonyl (C=O) groups is 1. The van der Waals surface area contributed by atoms with E-state index in [9.17, 15) is 4.79 Å². The third kappa shape index (κ3) is 3.46. The van der Waals surface area contributed by atoms with Crippen LogP contribution >= 0.6 is 0 Å². The number of benzene rings is 2. The minimum atomic E-state index is 0.0850. The van der Waals surface area contributed by atoms with Crippen molar-refractivity contribution in [3.05, 3.63) is 82.4 Å². The molecule has 1 aromatic heterocycles. The average Bonchev–Trinajstić information content (AvgIpc) is 3.48. The highest BCUT2D eigenvalue weighted by Crippen LogP contribution is 2.41. The molecule has 5 nitrogen and oxygen atoms in total. The van der Waals surface area contributed by atoms with Gasteiger partial charge in [-0.25, -0.2) is 0 Å². The van der Waals surface area contributed by atoms with E-state index in [2.05, 4.69) is 58.9 Å². The highest BCUT2D eigenvalue weighted by molar-refractivity contribution is 5.95. The SMILES string of the molecule is Cc1ccc(Cc2ccccc2C(=O)N2Cc3nnc(C4CC4)n3[C@@H](C)C2)cc1. The van der Waals surface area contributed by atoms with Crippen LogP contribution in [0.1, 0.15) is 70.4 Å². The predicted octanol–water partition coefficient (Wildman–Crippen LogP) is 4.27. The molecule has 1 aliphatic heterocycles. The molecular weight excluding hydrogens is 360 g/mol. The number of aryl methyl sites for hydroxylation is 1. The van der Waals surface area contributed by atoms with Crippen molar-refractivity contribution in [3.8, 4) is 0 Å². The quantitative estimate of drug-likeness (QED) is 0.673. The van der Waals surface area contributed by atoms with Crippen LogP contribution in [0.4, 0.5) is 0 Å². The van der Waals surface area contributed by atoms with E-state index >= 15 is 0 Å². The second-order valence-electron chi connectivity index (χ2n) is 8.47. The Hall–Kier alpha value is -2.95. The van der Waals surface area contributed by atoms with Gasteiger partial charge in [-0.3, -0.25) is 4.79 Å². The van der Waals surface area contributed by atoms with Crippen molar-refractivity contribution in [2.75, 3.05) is 6.54 Å². The van der Waals surface area contributed by atoms with Crippen molar-refractivity contribution >= 4 is 5.91 Å². The molecule has 3 aromatic rings. The summed E-state index contributed by atoms with van der Waals surface area (Å²) in [7, 11) is 0. The summed E-state index contributed by atoms with van der Waals surface area (Å²) < 4.78 is 2.26. The van der Waals surface area contributed by atoms with Gasteiger partial charge in [0.1, 0.15) is 5.82 Å². The summed E-state index contributed by atoms with van der Waals surface area (Å²) in [4.78, 5) is 15.4. The second-order valence-corrected chi connectivity index (χ2v) is 8.47. The number of rotatable bonds is 4. The molecule has 0 bridgehead atoms. The lowest BCUT2D eigenvalue weighted by Gasteiger charge is -2.33. The maximum atomic E-state index is 13.4. The molecule has 2 heterocycles. The summed E-state index contributed by atoms with van der Waals surface area (Å²) in [5, 5.41) is 8.84. The standard InChI is InChI=1S/C24H26N4O/c1-16-7-9-18(10-8-16)13-20-5-3-4-6-21(20)24(29)27-14-17(2)28-22(15-27)25-26-23(28)19-11-12-19/h3-10,17,19H,11-15H2,1-2H3/t17-/m0/s1. The molecule has 5 heteroatoms. The Morgan fingerprint density at radius 1 is 1.07 bits per heavy atom. The summed E-state index contributed by atoms with van der Waals surface area (Å²) in [6.07, 6.45) is 3.17. The van der Waals surface area contributed by atoms with Gasteiger partial charge in [-0.15, -0.1) is 10.2 Å². The Morgan fingerprint density at radius 3 is 2.59 bits per heavy atom. The normalized spacial score (nSPS) is 18.6. The number of amides is 1. The van der Waals surface area contributed by atoms with Gasteiger partial charge in [0.2, 0.25) is 0 Å². The molecule has 148 valence electrons. The fraction of sp³-hybridized carbons (Fsp3) is 0.375. The van der Waals surface area contributed by atoms with Crippen molar-refractivity contribution in [1.29, 1.82) is 0 Å². The molecule has 0 N–H and O–H groups in total. The summed E-state index contributed by atoms with van der Waals surface area (Å²) in [5.74, 6) is 2.67. The third-order valence-corrected chi connectivity index (χ3v) is 6.04. The second kappa shape index (κ2) is 7.14. The zero-order valence-electron chi connectivity index (χ0n) is 17.0. The van der Waals surface area contributed by atoms with Gasteiger partial charge in [0.05, 0.1) is 12.6 Å². The van der Waals surface area contributed by atoms with Gasteiger partial charge >= 0.3 is 0 Å². The molecule has 1 aliphatic carbocycles. The number of nitrogens with zero attached hydrogens (tertiary/aromatic N) is 4. The zero-order valence-corrected chi connectivity index (χ0v) is 17.0. The van der Waals surface area contributed by atoms with Crippen LogP contribution in [0.2, 0.25) is 0 Å². The predicted molar refractivity (Wildman–Crippen MR) is 112 cm³/mol. The maximum absolute atomic E-state index is 13.4. The molecule has 0 unspecified atom stereocenters. The molecule has 0 spiro atoms. The summed E-state index contributed by atoms with van der Waals surface area (Å²) >= 11 is 0. The molecule has 1 saturated carbocycles. The van der Waals surface area contributed by atoms with Crippen molar-refractivity contribution in [2.24, 2.45) is 0 Å². The Kier molecular flexibility index (Phi) is 4.46. The number of aromatic nitrogens is 3. The van der Waals surface area contributed by atoms with Crippen LogP contribution in [0, 0.1) is 6.92 Å². The van der Waals surface area contributed by atoms with Gasteiger partial charge < -0.3 is 9.47 Å². The Morgan fingerprint density at radius 2 is 1.83 bits per heavy atom. The molecule has 0 saturated heterocycles. The highest BCUT2D eigenvalue weighted by atomic mass is 16.2. The van der Waals surface area contributed by atoms with Gasteiger partial charge in [-0.1, -0.05) is 48.0 Å². The average molecular weight is 386 g/mol. The maximum Gasteiger partial charge on any atom is 0.254 e. The first-order chi connectivity index (χ1) is 14.1. The fourth-order valence-corrected chi connectivity index (χ4v) is 4.32. The molecule has 1 fully saturated rings. The lowest BCUT2D eigenvalue weighted by atomic mass is 9.98. The van der Waals surface area contributed by atoms with Gasteiger partial charge in [0.25, 0.3) is 5.91 Å². The van der Waals surface area contributed by atoms with Crippen LogP contribution in [0.5, 0.6) is 0 Å². The minimum absolute atomic E-state index is 0.0850. The molecule has 2 aliphatic rings. The van der Waals surface area contributed by atoms with Gasteiger partial charge in [0, 0.05) is 18.0 Å². The minimum Gasteiger partial charge on any atom is -0.329 e. The summed E-state index contributed by atoms with van der Waals surface area (Å²) in [5.41, 5.74) is 4.32. The number of carbonyl (C=O) groups excluding carboxylic acids is 1. The first kappa shape index (κ1) is 18.1. The van der Waals surface area contributed by atoms with Crippen LogP contribution in [-0.4, -0.2) is 32.1 Å². The van der Waals surface area contributed by atoms with E-state index in [0.717, 1.165) is 29.2 Å². The van der Waals surface area contributed by atoms with E-state index in [0.29, 0.717) is 19.0 Å². The third-order valence-electron chi connectivity index (χ3n) is 6.04. The Balaban J connectivity index is 1.40. The molecule has 1 amide bonds. The number of hydrogen-bond acceptors (Lipinski definition) is 3. The van der Waals surface area contributed by atoms with E-state index in [1.165, 1.54) is 24.0 Å². The Labute approximate surface area is 171 Å². The van der Waals surface area contributed by atoms with Crippen LogP contribution in [0.3, 0.4) is 0 Å². The van der Waals surface area contributed by atoms with Crippen molar-refractivity contribution < 1.29 is 4.79 Å². The van der Waals surface area contributed by atoms with Gasteiger partial charge in [-0.05, 0) is 50.3 Å². The van der Waals surface area contributed by atoms with Crippen LogP contribution in [0.15, 0.2) is 48.5 Å². The van der Waals surface area contributed by atoms with E-state index in [4.69, 9.17) is 0 Å². The van der Waals surface area contributed by atoms with Crippen molar-refractivity contribution in [2.45, 2.75) is 51.6 Å². The topological polar surface area (TPSA) is 51.0 Å². The summed E-state index contributed by atoms with van der Waals surface area (Å²) in [6.45, 7) is 5.48. The van der Waals surface area contributed by atoms with E-state index < -0.39 is 0 Å². The van der Waals surface area contributed by atoms with Crippen LogP contribution in [0.25, 0.3) is 0 Å². The number of fused-ring (bicyclic) bond motifs is 1. The largest absolute Gasteiger partial charge is 0.329 e. The Bertz CT molecular complexity index is 1050. The molecule has 5 rings (SSSR count). The highest BCUT2D eigenvalue weighted by Gasteiger charge is 2.35. The van der Waals surface area contributed by atoms with E-state index in [1.807, 2.05) is 23.1 Å². The monoisotopic (exact) mass is 386 g/mol. The van der Waals surface area contributed by atoms with E-state index in [1.54, 1.807) is 0 Å². The van der Waals surface area contributed by atoms with E-state index in [-0.39, 0.29) is 11.9 Å². The van der Waals surface area contributed by atoms with Gasteiger partial charge in [-0.2, -0.15) is 0 Å². The molecule has 1 atom stereocenters.